The molecule has 0 aromatic heterocycles. The van der Waals surface area contributed by atoms with Gasteiger partial charge in [0.05, 0.1) is 17.6 Å². The molecule has 5 nitrogen and oxygen atoms in total. The average molecular weight is 237 g/mol. The first kappa shape index (κ1) is 13.2. The first-order valence-electron chi connectivity index (χ1n) is 5.45. The highest BCUT2D eigenvalue weighted by Gasteiger charge is 2.16. The number of rotatable bonds is 6. The van der Waals surface area contributed by atoms with E-state index in [1.54, 1.807) is 0 Å². The second kappa shape index (κ2) is 5.98. The highest BCUT2D eigenvalue weighted by atomic mass is 16.6. The maximum absolute atomic E-state index is 11.9. The van der Waals surface area contributed by atoms with Crippen LogP contribution in [0.2, 0.25) is 0 Å². The van der Waals surface area contributed by atoms with Gasteiger partial charge in [0.1, 0.15) is 5.75 Å². The van der Waals surface area contributed by atoms with Gasteiger partial charge in [-0.25, -0.2) is 0 Å². The Kier molecular flexibility index (Phi) is 4.63. The van der Waals surface area contributed by atoms with Gasteiger partial charge < -0.3 is 4.74 Å². The average Bonchev–Trinajstić information content (AvgIpc) is 2.34. The van der Waals surface area contributed by atoms with Crippen molar-refractivity contribution < 1.29 is 14.5 Å². The molecule has 0 aliphatic heterocycles. The van der Waals surface area contributed by atoms with Crippen molar-refractivity contribution in [3.05, 3.63) is 33.9 Å². The summed E-state index contributed by atoms with van der Waals surface area (Å²) in [4.78, 5) is 22.0. The molecular weight excluding hydrogens is 222 g/mol. The molecule has 0 radical (unpaired) electrons. The Balaban J connectivity index is 3.05. The third kappa shape index (κ3) is 3.27. The quantitative estimate of drug-likeness (QED) is 0.433. The third-order valence-corrected chi connectivity index (χ3v) is 2.45. The fourth-order valence-corrected chi connectivity index (χ4v) is 1.50. The van der Waals surface area contributed by atoms with Crippen LogP contribution in [0.4, 0.5) is 5.69 Å². The van der Waals surface area contributed by atoms with Gasteiger partial charge in [0.2, 0.25) is 0 Å². The van der Waals surface area contributed by atoms with Crippen LogP contribution in [-0.4, -0.2) is 17.8 Å². The number of Topliss-reactive ketones (excluding diaryl/α,β-unsaturated/α-hetero) is 1. The molecule has 0 unspecified atom stereocenters. The molecule has 0 saturated heterocycles. The number of carbonyl (C=O) groups excluding carboxylic acids is 1. The first-order valence-corrected chi connectivity index (χ1v) is 5.45. The largest absolute Gasteiger partial charge is 0.496 e. The summed E-state index contributed by atoms with van der Waals surface area (Å²) in [6.07, 6.45) is 2.06. The van der Waals surface area contributed by atoms with Crippen LogP contribution in [0.1, 0.15) is 36.5 Å². The molecule has 0 aliphatic rings. The Labute approximate surface area is 99.5 Å². The highest BCUT2D eigenvalue weighted by molar-refractivity contribution is 5.99. The van der Waals surface area contributed by atoms with Gasteiger partial charge in [-0.15, -0.1) is 0 Å². The van der Waals surface area contributed by atoms with E-state index in [-0.39, 0.29) is 17.0 Å². The van der Waals surface area contributed by atoms with Crippen molar-refractivity contribution in [1.82, 2.24) is 0 Å². The third-order valence-electron chi connectivity index (χ3n) is 2.45. The van der Waals surface area contributed by atoms with Crippen LogP contribution in [0.25, 0.3) is 0 Å². The molecule has 1 aromatic rings. The molecule has 0 fully saturated rings. The van der Waals surface area contributed by atoms with Crippen molar-refractivity contribution in [3.63, 3.8) is 0 Å². The van der Waals surface area contributed by atoms with Crippen molar-refractivity contribution in [2.45, 2.75) is 26.2 Å². The zero-order chi connectivity index (χ0) is 12.8. The van der Waals surface area contributed by atoms with E-state index in [0.29, 0.717) is 12.2 Å². The SMILES string of the molecule is CCCCC(=O)c1cc([N+](=O)[O-])ccc1OC. The van der Waals surface area contributed by atoms with Crippen molar-refractivity contribution in [3.8, 4) is 5.75 Å². The van der Waals surface area contributed by atoms with E-state index in [2.05, 4.69) is 0 Å². The van der Waals surface area contributed by atoms with Crippen LogP contribution in [0.3, 0.4) is 0 Å². The molecule has 0 atom stereocenters. The van der Waals surface area contributed by atoms with E-state index >= 15 is 0 Å². The lowest BCUT2D eigenvalue weighted by Crippen LogP contribution is -2.03. The van der Waals surface area contributed by atoms with Crippen molar-refractivity contribution in [1.29, 1.82) is 0 Å². The Bertz CT molecular complexity index is 429. The van der Waals surface area contributed by atoms with E-state index in [4.69, 9.17) is 4.74 Å². The fourth-order valence-electron chi connectivity index (χ4n) is 1.50. The lowest BCUT2D eigenvalue weighted by atomic mass is 10.0. The van der Waals surface area contributed by atoms with Gasteiger partial charge >= 0.3 is 0 Å². The van der Waals surface area contributed by atoms with Crippen LogP contribution in [0.15, 0.2) is 18.2 Å². The lowest BCUT2D eigenvalue weighted by Gasteiger charge is -2.06. The van der Waals surface area contributed by atoms with Gasteiger partial charge in [0.25, 0.3) is 5.69 Å². The predicted octanol–water partition coefficient (Wildman–Crippen LogP) is 2.98. The van der Waals surface area contributed by atoms with Crippen LogP contribution < -0.4 is 4.74 Å². The Morgan fingerprint density at radius 2 is 2.18 bits per heavy atom. The summed E-state index contributed by atoms with van der Waals surface area (Å²) in [5, 5.41) is 10.6. The minimum Gasteiger partial charge on any atom is -0.496 e. The van der Waals surface area contributed by atoms with E-state index < -0.39 is 4.92 Å². The summed E-state index contributed by atoms with van der Waals surface area (Å²) >= 11 is 0. The minimum absolute atomic E-state index is 0.0920. The summed E-state index contributed by atoms with van der Waals surface area (Å²) in [5.41, 5.74) is 0.195. The maximum atomic E-state index is 11.9. The zero-order valence-corrected chi connectivity index (χ0v) is 9.93. The number of benzene rings is 1. The molecule has 0 spiro atoms. The van der Waals surface area contributed by atoms with E-state index in [1.807, 2.05) is 6.92 Å². The van der Waals surface area contributed by atoms with E-state index in [9.17, 15) is 14.9 Å². The Hall–Kier alpha value is -1.91. The molecule has 0 amide bonds. The normalized spacial score (nSPS) is 10.0. The summed E-state index contributed by atoms with van der Waals surface area (Å²) in [7, 11) is 1.44. The number of unbranched alkanes of at least 4 members (excludes halogenated alkanes) is 1. The molecule has 0 saturated carbocycles. The Morgan fingerprint density at radius 1 is 1.47 bits per heavy atom. The van der Waals surface area contributed by atoms with Gasteiger partial charge in [0, 0.05) is 18.6 Å². The number of ether oxygens (including phenoxy) is 1. The van der Waals surface area contributed by atoms with Gasteiger partial charge in [-0.3, -0.25) is 14.9 Å². The first-order chi connectivity index (χ1) is 8.10. The number of nitrogens with zero attached hydrogens (tertiary/aromatic N) is 1. The van der Waals surface area contributed by atoms with Crippen LogP contribution in [0, 0.1) is 10.1 Å². The van der Waals surface area contributed by atoms with Crippen LogP contribution >= 0.6 is 0 Å². The van der Waals surface area contributed by atoms with Crippen molar-refractivity contribution in [2.75, 3.05) is 7.11 Å². The van der Waals surface area contributed by atoms with E-state index in [1.165, 1.54) is 25.3 Å². The lowest BCUT2D eigenvalue weighted by molar-refractivity contribution is -0.384. The summed E-state index contributed by atoms with van der Waals surface area (Å²) < 4.78 is 5.04. The van der Waals surface area contributed by atoms with Crippen LogP contribution in [-0.2, 0) is 0 Å². The number of non-ortho nitro benzene ring substituents is 1. The number of carbonyl (C=O) groups is 1. The molecule has 1 rings (SSSR count). The molecule has 0 bridgehead atoms. The second-order valence-electron chi connectivity index (χ2n) is 3.67. The number of hydrogen-bond donors (Lipinski definition) is 0. The van der Waals surface area contributed by atoms with Gasteiger partial charge in [-0.1, -0.05) is 13.3 Å². The summed E-state index contributed by atoms with van der Waals surface area (Å²) in [6.45, 7) is 1.98. The molecule has 0 N–H and O–H groups in total. The molecule has 1 aromatic carbocycles. The van der Waals surface area contributed by atoms with E-state index in [0.717, 1.165) is 12.8 Å². The molecule has 17 heavy (non-hydrogen) atoms. The molecule has 92 valence electrons. The van der Waals surface area contributed by atoms with Crippen LogP contribution in [0.5, 0.6) is 5.75 Å². The molecule has 0 heterocycles. The topological polar surface area (TPSA) is 69.4 Å². The number of nitro benzene ring substituents is 1. The van der Waals surface area contributed by atoms with Gasteiger partial charge in [0.15, 0.2) is 5.78 Å². The number of nitro groups is 1. The minimum atomic E-state index is -0.518. The number of hydrogen-bond acceptors (Lipinski definition) is 4. The number of methoxy groups -OCH3 is 1. The molecule has 0 aliphatic carbocycles. The maximum Gasteiger partial charge on any atom is 0.270 e. The monoisotopic (exact) mass is 237 g/mol. The standard InChI is InChI=1S/C12H15NO4/c1-3-4-5-11(14)10-8-9(13(15)16)6-7-12(10)17-2/h6-8H,3-5H2,1-2H3. The molecular formula is C12H15NO4. The fraction of sp³-hybridized carbons (Fsp3) is 0.417. The van der Waals surface area contributed by atoms with Crippen molar-refractivity contribution >= 4 is 11.5 Å². The molecule has 5 heteroatoms. The zero-order valence-electron chi connectivity index (χ0n) is 9.93. The predicted molar refractivity (Wildman–Crippen MR) is 63.5 cm³/mol. The second-order valence-corrected chi connectivity index (χ2v) is 3.67. The Morgan fingerprint density at radius 3 is 2.71 bits per heavy atom. The smallest absolute Gasteiger partial charge is 0.270 e. The van der Waals surface area contributed by atoms with Crippen molar-refractivity contribution in [2.24, 2.45) is 0 Å². The summed E-state index contributed by atoms with van der Waals surface area (Å²) in [5.74, 6) is 0.268. The van der Waals surface area contributed by atoms with Gasteiger partial charge in [-0.05, 0) is 12.5 Å². The summed E-state index contributed by atoms with van der Waals surface area (Å²) in [6, 6.07) is 4.06. The highest BCUT2D eigenvalue weighted by Crippen LogP contribution is 2.25. The van der Waals surface area contributed by atoms with Gasteiger partial charge in [-0.2, -0.15) is 0 Å². The number of ketones is 1.